The average molecular weight is 401 g/mol. The SMILES string of the molecule is Cc1ccc(C)c(N(CC(=O)NC2CCCCC2)S(=O)(=O)c2ccccc2)c1. The van der Waals surface area contributed by atoms with Crippen LogP contribution >= 0.6 is 0 Å². The van der Waals surface area contributed by atoms with E-state index in [1.54, 1.807) is 30.3 Å². The van der Waals surface area contributed by atoms with Gasteiger partial charge in [0, 0.05) is 6.04 Å². The molecule has 1 amide bonds. The Labute approximate surface area is 167 Å². The number of nitrogens with one attached hydrogen (secondary N) is 1. The van der Waals surface area contributed by atoms with Crippen molar-refractivity contribution in [2.24, 2.45) is 0 Å². The number of benzene rings is 2. The monoisotopic (exact) mass is 400 g/mol. The van der Waals surface area contributed by atoms with E-state index in [2.05, 4.69) is 5.32 Å². The van der Waals surface area contributed by atoms with Crippen molar-refractivity contribution in [1.29, 1.82) is 0 Å². The average Bonchev–Trinajstić information content (AvgIpc) is 2.69. The molecular weight excluding hydrogens is 372 g/mol. The molecule has 0 bridgehead atoms. The molecular formula is C22H28N2O3S. The Morgan fingerprint density at radius 1 is 1.04 bits per heavy atom. The van der Waals surface area contributed by atoms with E-state index in [4.69, 9.17) is 0 Å². The summed E-state index contributed by atoms with van der Waals surface area (Å²) in [6.07, 6.45) is 5.33. The molecule has 5 nitrogen and oxygen atoms in total. The number of hydrogen-bond donors (Lipinski definition) is 1. The third kappa shape index (κ3) is 4.73. The van der Waals surface area contributed by atoms with Crippen molar-refractivity contribution in [3.8, 4) is 0 Å². The fourth-order valence-electron chi connectivity index (χ4n) is 3.66. The number of aryl methyl sites for hydroxylation is 2. The highest BCUT2D eigenvalue weighted by atomic mass is 32.2. The Hall–Kier alpha value is -2.34. The molecule has 0 spiro atoms. The van der Waals surface area contributed by atoms with Gasteiger partial charge in [0.1, 0.15) is 6.54 Å². The van der Waals surface area contributed by atoms with Gasteiger partial charge in [0.25, 0.3) is 10.0 Å². The summed E-state index contributed by atoms with van der Waals surface area (Å²) >= 11 is 0. The van der Waals surface area contributed by atoms with Gasteiger partial charge in [0.2, 0.25) is 5.91 Å². The van der Waals surface area contributed by atoms with Crippen LogP contribution in [0.1, 0.15) is 43.2 Å². The summed E-state index contributed by atoms with van der Waals surface area (Å²) in [6.45, 7) is 3.55. The number of carbonyl (C=O) groups excluding carboxylic acids is 1. The standard InChI is InChI=1S/C22H28N2O3S/c1-17-13-14-18(2)21(15-17)24(28(26,27)20-11-7-4-8-12-20)16-22(25)23-19-9-5-3-6-10-19/h4,7-8,11-15,19H,3,5-6,9-10,16H2,1-2H3,(H,23,25). The Bertz CT molecular complexity index is 920. The molecule has 2 aromatic carbocycles. The van der Waals surface area contributed by atoms with Crippen LogP contribution in [0.15, 0.2) is 53.4 Å². The molecule has 0 aromatic heterocycles. The maximum atomic E-state index is 13.4. The van der Waals surface area contributed by atoms with Gasteiger partial charge < -0.3 is 5.32 Å². The molecule has 6 heteroatoms. The highest BCUT2D eigenvalue weighted by molar-refractivity contribution is 7.92. The Morgan fingerprint density at radius 2 is 1.71 bits per heavy atom. The summed E-state index contributed by atoms with van der Waals surface area (Å²) in [5, 5.41) is 3.03. The minimum Gasteiger partial charge on any atom is -0.352 e. The molecule has 0 unspecified atom stereocenters. The molecule has 0 aliphatic heterocycles. The van der Waals surface area contributed by atoms with Gasteiger partial charge in [-0.05, 0) is 56.0 Å². The first kappa shape index (κ1) is 20.4. The molecule has 3 rings (SSSR count). The molecule has 1 fully saturated rings. The van der Waals surface area contributed by atoms with Crippen LogP contribution in [0.3, 0.4) is 0 Å². The maximum absolute atomic E-state index is 13.4. The summed E-state index contributed by atoms with van der Waals surface area (Å²) in [6, 6.07) is 14.1. The van der Waals surface area contributed by atoms with Crippen LogP contribution in [0, 0.1) is 13.8 Å². The third-order valence-corrected chi connectivity index (χ3v) is 7.00. The molecule has 0 saturated heterocycles. The van der Waals surface area contributed by atoms with Crippen LogP contribution in [-0.2, 0) is 14.8 Å². The maximum Gasteiger partial charge on any atom is 0.264 e. The fraction of sp³-hybridized carbons (Fsp3) is 0.409. The van der Waals surface area contributed by atoms with E-state index >= 15 is 0 Å². The van der Waals surface area contributed by atoms with Crippen molar-refractivity contribution in [3.05, 3.63) is 59.7 Å². The zero-order chi connectivity index (χ0) is 20.1. The predicted octanol–water partition coefficient (Wildman–Crippen LogP) is 3.95. The lowest BCUT2D eigenvalue weighted by atomic mass is 9.95. The minimum absolute atomic E-state index is 0.140. The summed E-state index contributed by atoms with van der Waals surface area (Å²) in [5.74, 6) is -0.257. The first-order chi connectivity index (χ1) is 13.4. The molecule has 150 valence electrons. The number of anilines is 1. The van der Waals surface area contributed by atoms with Gasteiger partial charge in [-0.15, -0.1) is 0 Å². The Morgan fingerprint density at radius 3 is 2.39 bits per heavy atom. The lowest BCUT2D eigenvalue weighted by Crippen LogP contribution is -2.45. The second kappa shape index (κ2) is 8.78. The molecule has 28 heavy (non-hydrogen) atoms. The van der Waals surface area contributed by atoms with Crippen molar-refractivity contribution in [2.45, 2.75) is 56.9 Å². The van der Waals surface area contributed by atoms with Crippen LogP contribution in [0.25, 0.3) is 0 Å². The number of amides is 1. The van der Waals surface area contributed by atoms with Crippen molar-refractivity contribution in [1.82, 2.24) is 5.32 Å². The van der Waals surface area contributed by atoms with E-state index in [-0.39, 0.29) is 23.4 Å². The number of carbonyl (C=O) groups is 1. The largest absolute Gasteiger partial charge is 0.352 e. The van der Waals surface area contributed by atoms with Crippen molar-refractivity contribution in [3.63, 3.8) is 0 Å². The number of rotatable bonds is 6. The molecule has 0 atom stereocenters. The third-order valence-electron chi connectivity index (χ3n) is 5.22. The van der Waals surface area contributed by atoms with Gasteiger partial charge in [0.05, 0.1) is 10.6 Å². The van der Waals surface area contributed by atoms with Crippen LogP contribution in [0.2, 0.25) is 0 Å². The van der Waals surface area contributed by atoms with Crippen molar-refractivity contribution < 1.29 is 13.2 Å². The van der Waals surface area contributed by atoms with Gasteiger partial charge in [-0.1, -0.05) is 49.6 Å². The Kier molecular flexibility index (Phi) is 6.39. The Balaban J connectivity index is 1.92. The summed E-state index contributed by atoms with van der Waals surface area (Å²) in [4.78, 5) is 12.9. The summed E-state index contributed by atoms with van der Waals surface area (Å²) in [5.41, 5.74) is 2.31. The normalized spacial score (nSPS) is 15.2. The van der Waals surface area contributed by atoms with E-state index in [0.29, 0.717) is 5.69 Å². The minimum atomic E-state index is -3.86. The van der Waals surface area contributed by atoms with Gasteiger partial charge in [-0.3, -0.25) is 9.10 Å². The first-order valence-corrected chi connectivity index (χ1v) is 11.3. The molecule has 0 radical (unpaired) electrons. The van der Waals surface area contributed by atoms with Crippen LogP contribution in [0.5, 0.6) is 0 Å². The first-order valence-electron chi connectivity index (χ1n) is 9.82. The van der Waals surface area contributed by atoms with E-state index in [9.17, 15) is 13.2 Å². The predicted molar refractivity (Wildman–Crippen MR) is 112 cm³/mol. The van der Waals surface area contributed by atoms with E-state index in [0.717, 1.165) is 36.8 Å². The van der Waals surface area contributed by atoms with Crippen LogP contribution in [0.4, 0.5) is 5.69 Å². The number of sulfonamides is 1. The molecule has 1 N–H and O–H groups in total. The smallest absolute Gasteiger partial charge is 0.264 e. The molecule has 1 aliphatic carbocycles. The second-order valence-electron chi connectivity index (χ2n) is 7.52. The van der Waals surface area contributed by atoms with E-state index < -0.39 is 10.0 Å². The molecule has 0 heterocycles. The van der Waals surface area contributed by atoms with Gasteiger partial charge in [0.15, 0.2) is 0 Å². The van der Waals surface area contributed by atoms with Crippen LogP contribution < -0.4 is 9.62 Å². The molecule has 2 aromatic rings. The number of nitrogens with zero attached hydrogens (tertiary/aromatic N) is 1. The van der Waals surface area contributed by atoms with Gasteiger partial charge in [-0.25, -0.2) is 8.42 Å². The lowest BCUT2D eigenvalue weighted by Gasteiger charge is -2.28. The van der Waals surface area contributed by atoms with Gasteiger partial charge in [-0.2, -0.15) is 0 Å². The quantitative estimate of drug-likeness (QED) is 0.798. The summed E-state index contributed by atoms with van der Waals surface area (Å²) < 4.78 is 28.0. The van der Waals surface area contributed by atoms with Crippen LogP contribution in [-0.4, -0.2) is 26.9 Å². The van der Waals surface area contributed by atoms with Gasteiger partial charge >= 0.3 is 0 Å². The van der Waals surface area contributed by atoms with Crippen molar-refractivity contribution >= 4 is 21.6 Å². The fourth-order valence-corrected chi connectivity index (χ4v) is 5.16. The molecule has 1 aliphatic rings. The highest BCUT2D eigenvalue weighted by Gasteiger charge is 2.29. The topological polar surface area (TPSA) is 66.5 Å². The zero-order valence-corrected chi connectivity index (χ0v) is 17.3. The van der Waals surface area contributed by atoms with E-state index in [1.165, 1.54) is 10.7 Å². The zero-order valence-electron chi connectivity index (χ0n) is 16.5. The summed E-state index contributed by atoms with van der Waals surface area (Å²) in [7, 11) is -3.86. The highest BCUT2D eigenvalue weighted by Crippen LogP contribution is 2.28. The lowest BCUT2D eigenvalue weighted by molar-refractivity contribution is -0.120. The van der Waals surface area contributed by atoms with Crippen molar-refractivity contribution in [2.75, 3.05) is 10.8 Å². The second-order valence-corrected chi connectivity index (χ2v) is 9.38. The molecule has 1 saturated carbocycles. The number of hydrogen-bond acceptors (Lipinski definition) is 3. The van der Waals surface area contributed by atoms with E-state index in [1.807, 2.05) is 32.0 Å².